The maximum atomic E-state index is 12.1. The lowest BCUT2D eigenvalue weighted by molar-refractivity contribution is 0.0734. The van der Waals surface area contributed by atoms with Gasteiger partial charge in [0.1, 0.15) is 5.75 Å². The summed E-state index contributed by atoms with van der Waals surface area (Å²) in [6.45, 7) is 0. The molecule has 3 rings (SSSR count). The Kier molecular flexibility index (Phi) is 6.73. The van der Waals surface area contributed by atoms with E-state index in [1.165, 1.54) is 6.21 Å². The summed E-state index contributed by atoms with van der Waals surface area (Å²) in [4.78, 5) is 24.2. The van der Waals surface area contributed by atoms with Gasteiger partial charge in [0, 0.05) is 8.95 Å². The average molecular weight is 502 g/mol. The van der Waals surface area contributed by atoms with Crippen molar-refractivity contribution in [2.75, 3.05) is 0 Å². The van der Waals surface area contributed by atoms with E-state index in [0.29, 0.717) is 21.3 Å². The molecule has 0 heterocycles. The molecule has 0 aliphatic heterocycles. The predicted octanol–water partition coefficient (Wildman–Crippen LogP) is 5.19. The number of hydrazone groups is 1. The molecule has 140 valence electrons. The SMILES string of the molecule is O=C(Oc1ccc(/C=N/NC(=O)c2ccccc2Br)cc1)c1ccc(Br)cc1. The summed E-state index contributed by atoms with van der Waals surface area (Å²) >= 11 is 6.65. The second kappa shape index (κ2) is 9.43. The number of hydrogen-bond acceptors (Lipinski definition) is 4. The molecule has 0 spiro atoms. The van der Waals surface area contributed by atoms with Crippen LogP contribution in [0.2, 0.25) is 0 Å². The van der Waals surface area contributed by atoms with Gasteiger partial charge in [0.2, 0.25) is 0 Å². The minimum Gasteiger partial charge on any atom is -0.423 e. The van der Waals surface area contributed by atoms with Gasteiger partial charge in [-0.1, -0.05) is 28.1 Å². The number of benzene rings is 3. The van der Waals surface area contributed by atoms with Crippen LogP contribution in [0.1, 0.15) is 26.3 Å². The molecule has 0 atom stereocenters. The van der Waals surface area contributed by atoms with Gasteiger partial charge >= 0.3 is 5.97 Å². The number of nitrogens with one attached hydrogen (secondary N) is 1. The summed E-state index contributed by atoms with van der Waals surface area (Å²) in [5.74, 6) is -0.333. The van der Waals surface area contributed by atoms with Crippen LogP contribution in [0.5, 0.6) is 5.75 Å². The lowest BCUT2D eigenvalue weighted by atomic mass is 10.2. The Hall–Kier alpha value is -2.77. The smallest absolute Gasteiger partial charge is 0.343 e. The van der Waals surface area contributed by atoms with Gasteiger partial charge in [0.15, 0.2) is 0 Å². The Balaban J connectivity index is 1.57. The monoisotopic (exact) mass is 500 g/mol. The van der Waals surface area contributed by atoms with E-state index in [9.17, 15) is 9.59 Å². The first-order valence-electron chi connectivity index (χ1n) is 8.19. The van der Waals surface area contributed by atoms with Gasteiger partial charge in [-0.2, -0.15) is 5.10 Å². The Labute approximate surface area is 178 Å². The van der Waals surface area contributed by atoms with Gasteiger partial charge in [0.05, 0.1) is 17.3 Å². The van der Waals surface area contributed by atoms with Gasteiger partial charge in [-0.15, -0.1) is 0 Å². The maximum absolute atomic E-state index is 12.1. The fourth-order valence-electron chi connectivity index (χ4n) is 2.24. The molecule has 28 heavy (non-hydrogen) atoms. The van der Waals surface area contributed by atoms with Crippen molar-refractivity contribution in [3.05, 3.63) is 98.4 Å². The Morgan fingerprint density at radius 2 is 1.57 bits per heavy atom. The number of rotatable bonds is 5. The predicted molar refractivity (Wildman–Crippen MR) is 115 cm³/mol. The van der Waals surface area contributed by atoms with E-state index in [1.54, 1.807) is 66.7 Å². The van der Waals surface area contributed by atoms with Crippen LogP contribution in [0.25, 0.3) is 0 Å². The zero-order valence-corrected chi connectivity index (χ0v) is 17.6. The normalized spacial score (nSPS) is 10.6. The van der Waals surface area contributed by atoms with Crippen LogP contribution in [-0.4, -0.2) is 18.1 Å². The summed E-state index contributed by atoms with van der Waals surface area (Å²) in [7, 11) is 0. The summed E-state index contributed by atoms with van der Waals surface area (Å²) in [6, 6.07) is 20.8. The first-order chi connectivity index (χ1) is 13.5. The fourth-order valence-corrected chi connectivity index (χ4v) is 2.97. The minimum atomic E-state index is -0.436. The Morgan fingerprint density at radius 1 is 0.893 bits per heavy atom. The lowest BCUT2D eigenvalue weighted by Gasteiger charge is -2.05. The molecule has 0 unspecified atom stereocenters. The molecule has 0 fully saturated rings. The van der Waals surface area contributed by atoms with Crippen molar-refractivity contribution in [1.82, 2.24) is 5.43 Å². The summed E-state index contributed by atoms with van der Waals surface area (Å²) in [5, 5.41) is 3.95. The first-order valence-corrected chi connectivity index (χ1v) is 9.77. The van der Waals surface area contributed by atoms with E-state index in [2.05, 4.69) is 42.4 Å². The molecule has 0 aliphatic carbocycles. The van der Waals surface area contributed by atoms with Crippen molar-refractivity contribution in [3.63, 3.8) is 0 Å². The maximum Gasteiger partial charge on any atom is 0.343 e. The lowest BCUT2D eigenvalue weighted by Crippen LogP contribution is -2.18. The standard InChI is InChI=1S/C21H14Br2N2O3/c22-16-9-7-15(8-10-16)21(27)28-17-11-5-14(6-12-17)13-24-25-20(26)18-3-1-2-4-19(18)23/h1-13H,(H,25,26)/b24-13+. The highest BCUT2D eigenvalue weighted by atomic mass is 79.9. The average Bonchev–Trinajstić information content (AvgIpc) is 2.70. The van der Waals surface area contributed by atoms with Gasteiger partial charge in [-0.25, -0.2) is 10.2 Å². The van der Waals surface area contributed by atoms with E-state index in [4.69, 9.17) is 4.74 Å². The largest absolute Gasteiger partial charge is 0.423 e. The number of carbonyl (C=O) groups excluding carboxylic acids is 2. The van der Waals surface area contributed by atoms with Gasteiger partial charge in [-0.3, -0.25) is 4.79 Å². The topological polar surface area (TPSA) is 67.8 Å². The Bertz CT molecular complexity index is 1020. The van der Waals surface area contributed by atoms with E-state index < -0.39 is 5.97 Å². The molecule has 1 N–H and O–H groups in total. The third-order valence-electron chi connectivity index (χ3n) is 3.67. The zero-order chi connectivity index (χ0) is 19.9. The Morgan fingerprint density at radius 3 is 2.25 bits per heavy atom. The molecule has 0 aromatic heterocycles. The molecule has 0 saturated carbocycles. The summed E-state index contributed by atoms with van der Waals surface area (Å²) in [5.41, 5.74) is 4.18. The molecule has 0 bridgehead atoms. The van der Waals surface area contributed by atoms with E-state index >= 15 is 0 Å². The highest BCUT2D eigenvalue weighted by Crippen LogP contribution is 2.16. The van der Waals surface area contributed by atoms with Crippen molar-refractivity contribution in [1.29, 1.82) is 0 Å². The van der Waals surface area contributed by atoms with Crippen LogP contribution >= 0.6 is 31.9 Å². The molecule has 3 aromatic carbocycles. The van der Waals surface area contributed by atoms with Crippen LogP contribution < -0.4 is 10.2 Å². The van der Waals surface area contributed by atoms with Crippen LogP contribution in [0, 0.1) is 0 Å². The van der Waals surface area contributed by atoms with E-state index in [0.717, 1.165) is 10.0 Å². The van der Waals surface area contributed by atoms with Crippen molar-refractivity contribution in [2.45, 2.75) is 0 Å². The van der Waals surface area contributed by atoms with E-state index in [-0.39, 0.29) is 5.91 Å². The van der Waals surface area contributed by atoms with Crippen LogP contribution in [0.4, 0.5) is 0 Å². The fraction of sp³-hybridized carbons (Fsp3) is 0. The first kappa shape index (κ1) is 20.0. The highest BCUT2D eigenvalue weighted by Gasteiger charge is 2.09. The van der Waals surface area contributed by atoms with Crippen molar-refractivity contribution in [2.24, 2.45) is 5.10 Å². The second-order valence-electron chi connectivity index (χ2n) is 5.64. The van der Waals surface area contributed by atoms with Gasteiger partial charge in [-0.05, 0) is 82.2 Å². The van der Waals surface area contributed by atoms with Gasteiger partial charge < -0.3 is 4.74 Å². The molecule has 0 saturated heterocycles. The van der Waals surface area contributed by atoms with Crippen LogP contribution in [-0.2, 0) is 0 Å². The number of esters is 1. The number of nitrogens with zero attached hydrogens (tertiary/aromatic N) is 1. The molecule has 3 aromatic rings. The third-order valence-corrected chi connectivity index (χ3v) is 4.89. The zero-order valence-electron chi connectivity index (χ0n) is 14.4. The molecule has 1 amide bonds. The molecular weight excluding hydrogens is 488 g/mol. The van der Waals surface area contributed by atoms with Gasteiger partial charge in [0.25, 0.3) is 5.91 Å². The molecular formula is C21H14Br2N2O3. The summed E-state index contributed by atoms with van der Waals surface area (Å²) < 4.78 is 6.92. The number of carbonyl (C=O) groups is 2. The molecule has 7 heteroatoms. The van der Waals surface area contributed by atoms with E-state index in [1.807, 2.05) is 6.07 Å². The summed E-state index contributed by atoms with van der Waals surface area (Å²) in [6.07, 6.45) is 1.51. The van der Waals surface area contributed by atoms with Crippen LogP contribution in [0.3, 0.4) is 0 Å². The van der Waals surface area contributed by atoms with Crippen molar-refractivity contribution in [3.8, 4) is 5.75 Å². The molecule has 0 radical (unpaired) electrons. The number of halogens is 2. The van der Waals surface area contributed by atoms with Crippen molar-refractivity contribution < 1.29 is 14.3 Å². The number of amides is 1. The number of ether oxygens (including phenoxy) is 1. The molecule has 0 aliphatic rings. The second-order valence-corrected chi connectivity index (χ2v) is 7.41. The highest BCUT2D eigenvalue weighted by molar-refractivity contribution is 9.10. The minimum absolute atomic E-state index is 0.316. The molecule has 5 nitrogen and oxygen atoms in total. The quantitative estimate of drug-likeness (QED) is 0.226. The number of hydrogen-bond donors (Lipinski definition) is 1. The van der Waals surface area contributed by atoms with Crippen LogP contribution in [0.15, 0.2) is 86.8 Å². The third kappa shape index (κ3) is 5.37. The van der Waals surface area contributed by atoms with Crippen molar-refractivity contribution >= 4 is 50.0 Å².